The van der Waals surface area contributed by atoms with Crippen LogP contribution in [0.25, 0.3) is 0 Å². The fourth-order valence-corrected chi connectivity index (χ4v) is 5.38. The van der Waals surface area contributed by atoms with E-state index < -0.39 is 5.25 Å². The van der Waals surface area contributed by atoms with Gasteiger partial charge in [0.05, 0.1) is 18.9 Å². The van der Waals surface area contributed by atoms with Crippen LogP contribution in [0.15, 0.2) is 82.9 Å². The van der Waals surface area contributed by atoms with Gasteiger partial charge in [0.15, 0.2) is 5.17 Å². The van der Waals surface area contributed by atoms with E-state index in [-0.39, 0.29) is 24.3 Å². The Bertz CT molecular complexity index is 1370. The molecule has 3 aromatic carbocycles. The third-order valence-corrected chi connectivity index (χ3v) is 7.57. The Morgan fingerprint density at radius 3 is 2.30 bits per heavy atom. The van der Waals surface area contributed by atoms with E-state index in [0.29, 0.717) is 23.0 Å². The molecule has 0 aliphatic carbocycles. The predicted octanol–water partition coefficient (Wildman–Crippen LogP) is 5.49. The molecule has 2 aliphatic rings. The molecule has 0 aromatic heterocycles. The molecule has 0 saturated heterocycles. The van der Waals surface area contributed by atoms with Gasteiger partial charge in [0.1, 0.15) is 11.0 Å². The van der Waals surface area contributed by atoms with Crippen LogP contribution in [0.1, 0.15) is 41.1 Å². The Morgan fingerprint density at radius 2 is 1.65 bits per heavy atom. The van der Waals surface area contributed by atoms with Crippen LogP contribution in [0.5, 0.6) is 5.75 Å². The summed E-state index contributed by atoms with van der Waals surface area (Å²) in [5.41, 5.74) is 6.12. The SMILES string of the molecule is COc1ccc(NC(=O)C[C@H]2SC(N3N=C(c4ccc(C)cc4)C[C@@H]3c3ccc(C)cc3)=NC2=O)cc1. The van der Waals surface area contributed by atoms with Crippen molar-refractivity contribution in [2.24, 2.45) is 10.1 Å². The van der Waals surface area contributed by atoms with Crippen molar-refractivity contribution in [1.29, 1.82) is 0 Å². The first-order chi connectivity index (χ1) is 17.9. The molecule has 7 nitrogen and oxygen atoms in total. The number of hydrogen-bond acceptors (Lipinski definition) is 6. The number of carbonyl (C=O) groups excluding carboxylic acids is 2. The first-order valence-electron chi connectivity index (χ1n) is 12.1. The second kappa shape index (κ2) is 10.6. The minimum atomic E-state index is -0.592. The molecule has 0 bridgehead atoms. The van der Waals surface area contributed by atoms with Crippen LogP contribution >= 0.6 is 11.8 Å². The van der Waals surface area contributed by atoms with E-state index in [1.807, 2.05) is 5.01 Å². The maximum absolute atomic E-state index is 12.8. The van der Waals surface area contributed by atoms with E-state index in [1.54, 1.807) is 31.4 Å². The number of hydrazone groups is 1. The van der Waals surface area contributed by atoms with E-state index in [2.05, 4.69) is 72.7 Å². The zero-order chi connectivity index (χ0) is 25.9. The van der Waals surface area contributed by atoms with Crippen LogP contribution in [-0.4, -0.2) is 40.1 Å². The highest BCUT2D eigenvalue weighted by atomic mass is 32.2. The summed E-state index contributed by atoms with van der Waals surface area (Å²) >= 11 is 1.30. The van der Waals surface area contributed by atoms with Gasteiger partial charge in [0, 0.05) is 18.5 Å². The molecule has 8 heteroatoms. The number of anilines is 1. The molecule has 0 spiro atoms. The Labute approximate surface area is 220 Å². The third kappa shape index (κ3) is 5.59. The van der Waals surface area contributed by atoms with Crippen molar-refractivity contribution >= 4 is 40.1 Å². The summed E-state index contributed by atoms with van der Waals surface area (Å²) < 4.78 is 5.15. The summed E-state index contributed by atoms with van der Waals surface area (Å²) in [5, 5.41) is 9.55. The number of ether oxygens (including phenoxy) is 1. The average Bonchev–Trinajstić information content (AvgIpc) is 3.49. The Balaban J connectivity index is 1.33. The summed E-state index contributed by atoms with van der Waals surface area (Å²) in [5.74, 6) is 0.149. The minimum absolute atomic E-state index is 0.0279. The number of nitrogens with one attached hydrogen (secondary N) is 1. The molecule has 2 aliphatic heterocycles. The molecule has 2 heterocycles. The van der Waals surface area contributed by atoms with Crippen molar-refractivity contribution in [1.82, 2.24) is 5.01 Å². The molecule has 5 rings (SSSR count). The number of amidine groups is 1. The molecular formula is C29H28N4O3S. The lowest BCUT2D eigenvalue weighted by molar-refractivity contribution is -0.121. The van der Waals surface area contributed by atoms with Gasteiger partial charge in [-0.1, -0.05) is 71.4 Å². The van der Waals surface area contributed by atoms with Gasteiger partial charge >= 0.3 is 0 Å². The van der Waals surface area contributed by atoms with Gasteiger partial charge in [-0.2, -0.15) is 10.1 Å². The first-order valence-corrected chi connectivity index (χ1v) is 13.0. The normalized spacial score (nSPS) is 19.0. The number of amides is 2. The molecule has 0 saturated carbocycles. The van der Waals surface area contributed by atoms with E-state index in [4.69, 9.17) is 9.84 Å². The van der Waals surface area contributed by atoms with E-state index >= 15 is 0 Å². The number of thioether (sulfide) groups is 1. The van der Waals surface area contributed by atoms with Crippen LogP contribution in [0.3, 0.4) is 0 Å². The minimum Gasteiger partial charge on any atom is -0.497 e. The summed E-state index contributed by atoms with van der Waals surface area (Å²) in [6, 6.07) is 23.7. The molecule has 1 N–H and O–H groups in total. The van der Waals surface area contributed by atoms with Crippen molar-refractivity contribution in [3.8, 4) is 5.75 Å². The van der Waals surface area contributed by atoms with Gasteiger partial charge in [0.25, 0.3) is 5.91 Å². The molecule has 37 heavy (non-hydrogen) atoms. The number of aryl methyl sites for hydroxylation is 2. The fourth-order valence-electron chi connectivity index (χ4n) is 4.31. The molecule has 0 fully saturated rings. The zero-order valence-electron chi connectivity index (χ0n) is 21.0. The number of nitrogens with zero attached hydrogens (tertiary/aromatic N) is 3. The molecule has 188 valence electrons. The molecule has 0 unspecified atom stereocenters. The summed E-state index contributed by atoms with van der Waals surface area (Å²) in [6.07, 6.45) is 0.725. The maximum atomic E-state index is 12.8. The molecule has 2 amide bonds. The van der Waals surface area contributed by atoms with Crippen molar-refractivity contribution < 1.29 is 14.3 Å². The second-order valence-corrected chi connectivity index (χ2v) is 10.4. The van der Waals surface area contributed by atoms with Gasteiger partial charge in [-0.15, -0.1) is 0 Å². The maximum Gasteiger partial charge on any atom is 0.262 e. The first kappa shape index (κ1) is 24.8. The summed E-state index contributed by atoms with van der Waals surface area (Å²) in [7, 11) is 1.59. The smallest absolute Gasteiger partial charge is 0.262 e. The van der Waals surface area contributed by atoms with E-state index in [0.717, 1.165) is 16.8 Å². The lowest BCUT2D eigenvalue weighted by Gasteiger charge is -2.23. The van der Waals surface area contributed by atoms with Gasteiger partial charge in [-0.25, -0.2) is 5.01 Å². The average molecular weight is 513 g/mol. The van der Waals surface area contributed by atoms with Crippen LogP contribution < -0.4 is 10.1 Å². The quantitative estimate of drug-likeness (QED) is 0.472. The van der Waals surface area contributed by atoms with E-state index in [1.165, 1.54) is 22.9 Å². The molecule has 2 atom stereocenters. The third-order valence-electron chi connectivity index (χ3n) is 6.43. The highest BCUT2D eigenvalue weighted by Gasteiger charge is 2.39. The molecular weight excluding hydrogens is 484 g/mol. The highest BCUT2D eigenvalue weighted by Crippen LogP contribution is 2.38. The Kier molecular flexibility index (Phi) is 7.10. The lowest BCUT2D eigenvalue weighted by Crippen LogP contribution is -2.25. The number of hydrogen-bond donors (Lipinski definition) is 1. The topological polar surface area (TPSA) is 83.4 Å². The second-order valence-electron chi connectivity index (χ2n) is 9.21. The van der Waals surface area contributed by atoms with Crippen molar-refractivity contribution in [3.05, 3.63) is 95.1 Å². The number of benzene rings is 3. The number of rotatable bonds is 6. The van der Waals surface area contributed by atoms with Crippen LogP contribution in [-0.2, 0) is 9.59 Å². The van der Waals surface area contributed by atoms with E-state index in [9.17, 15) is 9.59 Å². The van der Waals surface area contributed by atoms with Crippen molar-refractivity contribution in [2.75, 3.05) is 12.4 Å². The van der Waals surface area contributed by atoms with Crippen molar-refractivity contribution in [3.63, 3.8) is 0 Å². The molecule has 0 radical (unpaired) electrons. The zero-order valence-corrected chi connectivity index (χ0v) is 21.8. The number of carbonyl (C=O) groups is 2. The van der Waals surface area contributed by atoms with Crippen LogP contribution in [0, 0.1) is 13.8 Å². The monoisotopic (exact) mass is 512 g/mol. The number of aliphatic imine (C=N–C) groups is 1. The Morgan fingerprint density at radius 1 is 1.00 bits per heavy atom. The van der Waals surface area contributed by atoms with Crippen LogP contribution in [0.4, 0.5) is 5.69 Å². The van der Waals surface area contributed by atoms with Gasteiger partial charge < -0.3 is 10.1 Å². The Hall–Kier alpha value is -3.91. The van der Waals surface area contributed by atoms with Gasteiger partial charge in [-0.3, -0.25) is 9.59 Å². The largest absolute Gasteiger partial charge is 0.497 e. The highest BCUT2D eigenvalue weighted by molar-refractivity contribution is 8.15. The van der Waals surface area contributed by atoms with Gasteiger partial charge in [-0.05, 0) is 49.2 Å². The van der Waals surface area contributed by atoms with Crippen LogP contribution in [0.2, 0.25) is 0 Å². The summed E-state index contributed by atoms with van der Waals surface area (Å²) in [6.45, 7) is 4.11. The standard InChI is InChI=1S/C29H28N4O3S/c1-18-4-8-20(9-5-18)24-16-25(21-10-6-19(2)7-11-21)33(32-24)29-31-28(35)26(37-29)17-27(34)30-22-12-14-23(36-3)15-13-22/h4-15,25-26H,16-17H2,1-3H3,(H,30,34)/t25-,26-/m1/s1. The predicted molar refractivity (Wildman–Crippen MR) is 148 cm³/mol. The van der Waals surface area contributed by atoms with Crippen molar-refractivity contribution in [2.45, 2.75) is 38.0 Å². The fraction of sp³-hybridized carbons (Fsp3) is 0.241. The lowest BCUT2D eigenvalue weighted by atomic mass is 9.97. The molecule has 3 aromatic rings. The van der Waals surface area contributed by atoms with Gasteiger partial charge in [0.2, 0.25) is 5.91 Å². The number of methoxy groups -OCH3 is 1. The summed E-state index contributed by atoms with van der Waals surface area (Å²) in [4.78, 5) is 29.8.